The number of hydrogen-bond donors (Lipinski definition) is 2. The topological polar surface area (TPSA) is 76.4 Å². The SMILES string of the molecule is Cc1ccn(-c2ccc(Cl)cc2C(N)=NO)n1. The number of halogens is 1. The van der Waals surface area contributed by atoms with E-state index in [2.05, 4.69) is 10.3 Å². The molecule has 0 saturated heterocycles. The van der Waals surface area contributed by atoms with Crippen LogP contribution in [0.3, 0.4) is 0 Å². The van der Waals surface area contributed by atoms with E-state index in [9.17, 15) is 0 Å². The second-order valence-electron chi connectivity index (χ2n) is 3.55. The average Bonchev–Trinajstić information content (AvgIpc) is 2.74. The van der Waals surface area contributed by atoms with Crippen LogP contribution < -0.4 is 5.73 Å². The van der Waals surface area contributed by atoms with E-state index in [-0.39, 0.29) is 5.84 Å². The lowest BCUT2D eigenvalue weighted by atomic mass is 10.1. The van der Waals surface area contributed by atoms with Crippen LogP contribution in [0.4, 0.5) is 0 Å². The summed E-state index contributed by atoms with van der Waals surface area (Å²) in [5.74, 6) is -0.00402. The zero-order chi connectivity index (χ0) is 12.4. The van der Waals surface area contributed by atoms with Crippen molar-refractivity contribution < 1.29 is 5.21 Å². The molecule has 0 fully saturated rings. The molecular formula is C11H11ClN4O. The zero-order valence-corrected chi connectivity index (χ0v) is 9.89. The van der Waals surface area contributed by atoms with Gasteiger partial charge in [-0.25, -0.2) is 4.68 Å². The first kappa shape index (κ1) is 11.5. The van der Waals surface area contributed by atoms with Gasteiger partial charge in [-0.2, -0.15) is 5.10 Å². The fraction of sp³-hybridized carbons (Fsp3) is 0.0909. The molecule has 6 heteroatoms. The molecule has 1 aromatic heterocycles. The lowest BCUT2D eigenvalue weighted by Gasteiger charge is -2.08. The van der Waals surface area contributed by atoms with Crippen LogP contribution in [0.5, 0.6) is 0 Å². The normalized spacial score (nSPS) is 11.8. The van der Waals surface area contributed by atoms with E-state index >= 15 is 0 Å². The Balaban J connectivity index is 2.61. The maximum Gasteiger partial charge on any atom is 0.172 e. The molecule has 0 unspecified atom stereocenters. The van der Waals surface area contributed by atoms with E-state index in [4.69, 9.17) is 22.5 Å². The monoisotopic (exact) mass is 250 g/mol. The van der Waals surface area contributed by atoms with Crippen LogP contribution in [-0.4, -0.2) is 20.8 Å². The quantitative estimate of drug-likeness (QED) is 0.370. The van der Waals surface area contributed by atoms with Crippen molar-refractivity contribution in [2.24, 2.45) is 10.9 Å². The van der Waals surface area contributed by atoms with Crippen LogP contribution in [0.25, 0.3) is 5.69 Å². The molecule has 0 amide bonds. The Hall–Kier alpha value is -2.01. The van der Waals surface area contributed by atoms with Gasteiger partial charge in [-0.1, -0.05) is 16.8 Å². The summed E-state index contributed by atoms with van der Waals surface area (Å²) in [4.78, 5) is 0. The Morgan fingerprint density at radius 3 is 2.82 bits per heavy atom. The third-order valence-corrected chi connectivity index (χ3v) is 2.55. The third kappa shape index (κ3) is 2.24. The zero-order valence-electron chi connectivity index (χ0n) is 9.13. The van der Waals surface area contributed by atoms with Gasteiger partial charge in [0.2, 0.25) is 0 Å². The molecule has 88 valence electrons. The predicted molar refractivity (Wildman–Crippen MR) is 65.8 cm³/mol. The van der Waals surface area contributed by atoms with Gasteiger partial charge in [0, 0.05) is 16.8 Å². The number of hydrogen-bond acceptors (Lipinski definition) is 3. The van der Waals surface area contributed by atoms with Gasteiger partial charge in [-0.15, -0.1) is 0 Å². The van der Waals surface area contributed by atoms with E-state index in [1.807, 2.05) is 13.0 Å². The summed E-state index contributed by atoms with van der Waals surface area (Å²) in [6, 6.07) is 6.98. The van der Waals surface area contributed by atoms with Crippen molar-refractivity contribution >= 4 is 17.4 Å². The number of aryl methyl sites for hydroxylation is 1. The summed E-state index contributed by atoms with van der Waals surface area (Å²) in [6.45, 7) is 1.88. The standard InChI is InChI=1S/C11H11ClN4O/c1-7-4-5-16(14-7)10-3-2-8(12)6-9(10)11(13)15-17/h2-6,17H,1H3,(H2,13,15). The van der Waals surface area contributed by atoms with Crippen LogP contribution in [-0.2, 0) is 0 Å². The second-order valence-corrected chi connectivity index (χ2v) is 3.98. The number of amidine groups is 1. The smallest absolute Gasteiger partial charge is 0.172 e. The Kier molecular flexibility index (Phi) is 3.01. The largest absolute Gasteiger partial charge is 0.409 e. The Labute approximate surface area is 103 Å². The summed E-state index contributed by atoms with van der Waals surface area (Å²) in [6.07, 6.45) is 1.80. The molecular weight excluding hydrogens is 240 g/mol. The molecule has 17 heavy (non-hydrogen) atoms. The van der Waals surface area contributed by atoms with Crippen molar-refractivity contribution in [1.82, 2.24) is 9.78 Å². The van der Waals surface area contributed by atoms with Crippen LogP contribution in [0.1, 0.15) is 11.3 Å². The summed E-state index contributed by atoms with van der Waals surface area (Å²) < 4.78 is 1.65. The Bertz CT molecular complexity index is 577. The highest BCUT2D eigenvalue weighted by Crippen LogP contribution is 2.19. The van der Waals surface area contributed by atoms with E-state index in [0.717, 1.165) is 5.69 Å². The summed E-state index contributed by atoms with van der Waals surface area (Å²) in [7, 11) is 0. The molecule has 1 heterocycles. The minimum Gasteiger partial charge on any atom is -0.409 e. The molecule has 1 aromatic carbocycles. The fourth-order valence-electron chi connectivity index (χ4n) is 1.52. The number of nitrogens with zero attached hydrogens (tertiary/aromatic N) is 3. The van der Waals surface area contributed by atoms with Crippen LogP contribution >= 0.6 is 11.6 Å². The van der Waals surface area contributed by atoms with Gasteiger partial charge in [0.05, 0.1) is 11.4 Å². The van der Waals surface area contributed by atoms with Crippen LogP contribution in [0.2, 0.25) is 5.02 Å². The number of nitrogens with two attached hydrogens (primary N) is 1. The fourth-order valence-corrected chi connectivity index (χ4v) is 1.69. The number of oxime groups is 1. The molecule has 2 rings (SSSR count). The van der Waals surface area contributed by atoms with Gasteiger partial charge in [0.1, 0.15) is 0 Å². The van der Waals surface area contributed by atoms with Crippen molar-refractivity contribution in [2.45, 2.75) is 6.92 Å². The van der Waals surface area contributed by atoms with Crippen molar-refractivity contribution in [3.63, 3.8) is 0 Å². The predicted octanol–water partition coefficient (Wildman–Crippen LogP) is 1.93. The lowest BCUT2D eigenvalue weighted by molar-refractivity contribution is 0.318. The first-order valence-corrected chi connectivity index (χ1v) is 5.29. The molecule has 0 aliphatic carbocycles. The molecule has 0 atom stereocenters. The van der Waals surface area contributed by atoms with Gasteiger partial charge in [-0.3, -0.25) is 0 Å². The van der Waals surface area contributed by atoms with Crippen LogP contribution in [0, 0.1) is 6.92 Å². The minimum atomic E-state index is -0.00402. The minimum absolute atomic E-state index is 0.00402. The highest BCUT2D eigenvalue weighted by Gasteiger charge is 2.10. The molecule has 0 spiro atoms. The number of rotatable bonds is 2. The molecule has 0 aliphatic rings. The van der Waals surface area contributed by atoms with E-state index in [1.54, 1.807) is 29.1 Å². The summed E-state index contributed by atoms with van der Waals surface area (Å²) in [5.41, 5.74) is 7.73. The van der Waals surface area contributed by atoms with Crippen LogP contribution in [0.15, 0.2) is 35.6 Å². The van der Waals surface area contributed by atoms with Gasteiger partial charge in [-0.05, 0) is 31.2 Å². The third-order valence-electron chi connectivity index (χ3n) is 2.31. The van der Waals surface area contributed by atoms with Gasteiger partial charge < -0.3 is 10.9 Å². The Morgan fingerprint density at radius 2 is 2.24 bits per heavy atom. The molecule has 0 saturated carbocycles. The summed E-state index contributed by atoms with van der Waals surface area (Å²) in [5, 5.41) is 16.5. The second kappa shape index (κ2) is 4.47. The Morgan fingerprint density at radius 1 is 1.47 bits per heavy atom. The van der Waals surface area contributed by atoms with E-state index < -0.39 is 0 Å². The number of benzene rings is 1. The first-order valence-electron chi connectivity index (χ1n) is 4.92. The molecule has 0 bridgehead atoms. The lowest BCUT2D eigenvalue weighted by Crippen LogP contribution is -2.16. The highest BCUT2D eigenvalue weighted by molar-refractivity contribution is 6.31. The molecule has 2 aromatic rings. The van der Waals surface area contributed by atoms with Gasteiger partial charge >= 0.3 is 0 Å². The molecule has 3 N–H and O–H groups in total. The molecule has 0 aliphatic heterocycles. The summed E-state index contributed by atoms with van der Waals surface area (Å²) >= 11 is 5.89. The van der Waals surface area contributed by atoms with E-state index in [1.165, 1.54) is 0 Å². The van der Waals surface area contributed by atoms with Crippen molar-refractivity contribution in [1.29, 1.82) is 0 Å². The average molecular weight is 251 g/mol. The maximum atomic E-state index is 8.75. The van der Waals surface area contributed by atoms with Crippen molar-refractivity contribution in [3.05, 3.63) is 46.7 Å². The van der Waals surface area contributed by atoms with E-state index in [0.29, 0.717) is 16.3 Å². The number of aromatic nitrogens is 2. The van der Waals surface area contributed by atoms with Gasteiger partial charge in [0.25, 0.3) is 0 Å². The first-order chi connectivity index (χ1) is 8.11. The molecule has 0 radical (unpaired) electrons. The maximum absolute atomic E-state index is 8.75. The van der Waals surface area contributed by atoms with Crippen molar-refractivity contribution in [3.8, 4) is 5.69 Å². The van der Waals surface area contributed by atoms with Crippen molar-refractivity contribution in [2.75, 3.05) is 0 Å². The van der Waals surface area contributed by atoms with Gasteiger partial charge in [0.15, 0.2) is 5.84 Å². The highest BCUT2D eigenvalue weighted by atomic mass is 35.5. The molecule has 5 nitrogen and oxygen atoms in total.